The van der Waals surface area contributed by atoms with Crippen molar-refractivity contribution in [3.05, 3.63) is 0 Å². The normalized spacial score (nSPS) is 15.6. The minimum atomic E-state index is -0.842. The van der Waals surface area contributed by atoms with E-state index in [9.17, 15) is 4.79 Å². The van der Waals surface area contributed by atoms with Gasteiger partial charge in [-0.3, -0.25) is 4.79 Å². The topological polar surface area (TPSA) is 72.5 Å². The highest BCUT2D eigenvalue weighted by Gasteiger charge is 2.20. The van der Waals surface area contributed by atoms with E-state index in [0.717, 1.165) is 6.42 Å². The Balaban J connectivity index is 3.65. The monoisotopic (exact) mass is 175 g/mol. The quantitative estimate of drug-likeness (QED) is 0.620. The van der Waals surface area contributed by atoms with E-state index in [4.69, 9.17) is 15.6 Å². The lowest BCUT2D eigenvalue weighted by atomic mass is 10.0. The van der Waals surface area contributed by atoms with E-state index in [1.807, 2.05) is 13.8 Å². The maximum atomic E-state index is 10.2. The molecule has 0 spiro atoms. The molecule has 0 bridgehead atoms. The van der Waals surface area contributed by atoms with Crippen molar-refractivity contribution < 1.29 is 14.6 Å². The van der Waals surface area contributed by atoms with E-state index < -0.39 is 5.97 Å². The van der Waals surface area contributed by atoms with Crippen LogP contribution in [0.5, 0.6) is 0 Å². The molecule has 72 valence electrons. The van der Waals surface area contributed by atoms with Crippen LogP contribution < -0.4 is 5.73 Å². The van der Waals surface area contributed by atoms with Crippen molar-refractivity contribution in [2.24, 2.45) is 5.73 Å². The second-order valence-electron chi connectivity index (χ2n) is 3.00. The number of aliphatic carboxylic acids is 1. The Hall–Kier alpha value is -0.610. The Morgan fingerprint density at radius 1 is 1.67 bits per heavy atom. The molecule has 0 saturated heterocycles. The second-order valence-corrected chi connectivity index (χ2v) is 3.00. The zero-order valence-electron chi connectivity index (χ0n) is 7.67. The number of rotatable bonds is 6. The third kappa shape index (κ3) is 4.31. The van der Waals surface area contributed by atoms with Gasteiger partial charge in [-0.15, -0.1) is 0 Å². The number of carboxylic acids is 1. The van der Waals surface area contributed by atoms with Crippen molar-refractivity contribution in [1.82, 2.24) is 0 Å². The summed E-state index contributed by atoms with van der Waals surface area (Å²) in [4.78, 5) is 10.2. The summed E-state index contributed by atoms with van der Waals surface area (Å²) in [6.07, 6.45) is 0.832. The van der Waals surface area contributed by atoms with Gasteiger partial charge in [-0.05, 0) is 13.3 Å². The highest BCUT2D eigenvalue weighted by atomic mass is 16.5. The number of carbonyl (C=O) groups is 1. The van der Waals surface area contributed by atoms with Crippen molar-refractivity contribution >= 4 is 5.97 Å². The largest absolute Gasteiger partial charge is 0.481 e. The molecule has 0 fully saturated rings. The van der Waals surface area contributed by atoms with Gasteiger partial charge in [-0.2, -0.15) is 0 Å². The molecule has 0 aliphatic rings. The summed E-state index contributed by atoms with van der Waals surface area (Å²) in [6.45, 7) is 4.50. The number of hydrogen-bond acceptors (Lipinski definition) is 3. The fraction of sp³-hybridized carbons (Fsp3) is 0.875. The number of hydrogen-bond donors (Lipinski definition) is 2. The molecule has 0 aromatic carbocycles. The van der Waals surface area contributed by atoms with Crippen LogP contribution in [0.25, 0.3) is 0 Å². The van der Waals surface area contributed by atoms with Gasteiger partial charge in [0.25, 0.3) is 0 Å². The Kier molecular flexibility index (Phi) is 4.85. The van der Waals surface area contributed by atoms with Crippen LogP contribution in [0.4, 0.5) is 0 Å². The summed E-state index contributed by atoms with van der Waals surface area (Å²) < 4.78 is 5.33. The van der Waals surface area contributed by atoms with Crippen molar-refractivity contribution in [1.29, 1.82) is 0 Å². The van der Waals surface area contributed by atoms with Crippen LogP contribution in [0, 0.1) is 0 Å². The summed E-state index contributed by atoms with van der Waals surface area (Å²) in [5.41, 5.74) is 5.10. The first-order valence-electron chi connectivity index (χ1n) is 4.10. The van der Waals surface area contributed by atoms with E-state index in [0.29, 0.717) is 6.54 Å². The van der Waals surface area contributed by atoms with Gasteiger partial charge in [0.05, 0.1) is 18.6 Å². The van der Waals surface area contributed by atoms with Crippen molar-refractivity contribution in [3.8, 4) is 0 Å². The predicted octanol–water partition coefficient (Wildman–Crippen LogP) is 0.605. The molecule has 0 rings (SSSR count). The maximum absolute atomic E-state index is 10.2. The van der Waals surface area contributed by atoms with E-state index in [1.54, 1.807) is 0 Å². The lowest BCUT2D eigenvalue weighted by molar-refractivity contribution is -0.139. The van der Waals surface area contributed by atoms with Gasteiger partial charge in [-0.25, -0.2) is 0 Å². The predicted molar refractivity (Wildman–Crippen MR) is 46.0 cm³/mol. The first-order chi connectivity index (χ1) is 5.54. The molecule has 0 amide bonds. The zero-order valence-corrected chi connectivity index (χ0v) is 7.67. The molecule has 4 heteroatoms. The third-order valence-electron chi connectivity index (χ3n) is 1.95. The second kappa shape index (κ2) is 5.11. The van der Waals surface area contributed by atoms with Gasteiger partial charge in [0.1, 0.15) is 0 Å². The van der Waals surface area contributed by atoms with Crippen LogP contribution in [0.2, 0.25) is 0 Å². The fourth-order valence-electron chi connectivity index (χ4n) is 0.690. The van der Waals surface area contributed by atoms with Crippen molar-refractivity contribution in [3.63, 3.8) is 0 Å². The maximum Gasteiger partial charge on any atom is 0.305 e. The fourth-order valence-corrected chi connectivity index (χ4v) is 0.690. The summed E-state index contributed by atoms with van der Waals surface area (Å²) in [5.74, 6) is -0.842. The van der Waals surface area contributed by atoms with Crippen LogP contribution in [0.15, 0.2) is 0 Å². The molecule has 0 aliphatic carbocycles. The molecule has 1 atom stereocenters. The molecule has 1 unspecified atom stereocenters. The van der Waals surface area contributed by atoms with Crippen molar-refractivity contribution in [2.75, 3.05) is 13.2 Å². The van der Waals surface area contributed by atoms with Gasteiger partial charge in [0.2, 0.25) is 0 Å². The standard InChI is InChI=1S/C8H17NO3/c1-3-8(2,6-9)12-5-4-7(10)11/h3-6,9H2,1-2H3,(H,10,11). The Morgan fingerprint density at radius 3 is 2.58 bits per heavy atom. The molecule has 0 saturated carbocycles. The Morgan fingerprint density at radius 2 is 2.25 bits per heavy atom. The van der Waals surface area contributed by atoms with Gasteiger partial charge >= 0.3 is 5.97 Å². The third-order valence-corrected chi connectivity index (χ3v) is 1.95. The van der Waals surface area contributed by atoms with Gasteiger partial charge in [0.15, 0.2) is 0 Å². The lowest BCUT2D eigenvalue weighted by Crippen LogP contribution is -2.37. The van der Waals surface area contributed by atoms with Crippen LogP contribution >= 0.6 is 0 Å². The molecule has 0 aromatic rings. The minimum absolute atomic E-state index is 0.0373. The molecular formula is C8H17NO3. The molecule has 0 aromatic heterocycles. The van der Waals surface area contributed by atoms with Gasteiger partial charge in [-0.1, -0.05) is 6.92 Å². The van der Waals surface area contributed by atoms with Crippen LogP contribution in [-0.4, -0.2) is 29.8 Å². The molecule has 0 aliphatic heterocycles. The smallest absolute Gasteiger partial charge is 0.305 e. The van der Waals surface area contributed by atoms with E-state index in [1.165, 1.54) is 0 Å². The van der Waals surface area contributed by atoms with Gasteiger partial charge < -0.3 is 15.6 Å². The lowest BCUT2D eigenvalue weighted by Gasteiger charge is -2.26. The molecule has 4 nitrogen and oxygen atoms in total. The Bertz CT molecular complexity index is 143. The molecule has 0 heterocycles. The highest BCUT2D eigenvalue weighted by molar-refractivity contribution is 5.66. The minimum Gasteiger partial charge on any atom is -0.481 e. The van der Waals surface area contributed by atoms with E-state index in [2.05, 4.69) is 0 Å². The first kappa shape index (κ1) is 11.4. The zero-order chi connectivity index (χ0) is 9.61. The summed E-state index contributed by atoms with van der Waals surface area (Å²) >= 11 is 0. The van der Waals surface area contributed by atoms with E-state index in [-0.39, 0.29) is 18.6 Å². The molecule has 3 N–H and O–H groups in total. The first-order valence-corrected chi connectivity index (χ1v) is 4.10. The average molecular weight is 175 g/mol. The summed E-state index contributed by atoms with van der Waals surface area (Å²) in [7, 11) is 0. The SMILES string of the molecule is CCC(C)(CN)OCCC(=O)O. The van der Waals surface area contributed by atoms with Crippen molar-refractivity contribution in [2.45, 2.75) is 32.3 Å². The molecule has 12 heavy (non-hydrogen) atoms. The Labute approximate surface area is 72.7 Å². The van der Waals surface area contributed by atoms with Crippen LogP contribution in [0.1, 0.15) is 26.7 Å². The van der Waals surface area contributed by atoms with E-state index >= 15 is 0 Å². The number of ether oxygens (including phenoxy) is 1. The van der Waals surface area contributed by atoms with Crippen LogP contribution in [-0.2, 0) is 9.53 Å². The van der Waals surface area contributed by atoms with Crippen LogP contribution in [0.3, 0.4) is 0 Å². The molecular weight excluding hydrogens is 158 g/mol. The van der Waals surface area contributed by atoms with Gasteiger partial charge in [0, 0.05) is 6.54 Å². The molecule has 0 radical (unpaired) electrons. The summed E-state index contributed by atoms with van der Waals surface area (Å²) in [6, 6.07) is 0. The highest BCUT2D eigenvalue weighted by Crippen LogP contribution is 2.12. The number of nitrogens with two attached hydrogens (primary N) is 1. The average Bonchev–Trinajstić information content (AvgIpc) is 2.03. The number of carboxylic acid groups (broad SMARTS) is 1. The summed E-state index contributed by atoms with van der Waals surface area (Å²) in [5, 5.41) is 8.34.